The molecule has 9 heteroatoms. The maximum atomic E-state index is 13.4. The van der Waals surface area contributed by atoms with Crippen molar-refractivity contribution < 1.29 is 18.0 Å². The third-order valence-corrected chi connectivity index (χ3v) is 9.50. The summed E-state index contributed by atoms with van der Waals surface area (Å²) in [6, 6.07) is 14.4. The van der Waals surface area contributed by atoms with E-state index in [1.165, 1.54) is 14.8 Å². The predicted molar refractivity (Wildman–Crippen MR) is 132 cm³/mol. The molecule has 2 aliphatic heterocycles. The second-order valence-corrected chi connectivity index (χ2v) is 11.5. The Labute approximate surface area is 206 Å². The number of benzene rings is 2. The van der Waals surface area contributed by atoms with Gasteiger partial charge in [-0.25, -0.2) is 18.1 Å². The van der Waals surface area contributed by atoms with E-state index in [1.54, 1.807) is 6.07 Å². The van der Waals surface area contributed by atoms with Crippen LogP contribution in [0.1, 0.15) is 42.9 Å². The molecule has 0 unspecified atom stereocenters. The molecule has 186 valence electrons. The van der Waals surface area contributed by atoms with E-state index in [1.807, 2.05) is 54.3 Å². The highest BCUT2D eigenvalue weighted by molar-refractivity contribution is 7.89. The molecule has 1 N–H and O–H groups in total. The van der Waals surface area contributed by atoms with Crippen LogP contribution in [-0.2, 0) is 33.2 Å². The molecule has 3 amide bonds. The first-order chi connectivity index (χ1) is 16.8. The lowest BCUT2D eigenvalue weighted by molar-refractivity contribution is -0.133. The predicted octanol–water partition coefficient (Wildman–Crippen LogP) is 2.69. The van der Waals surface area contributed by atoms with Crippen LogP contribution in [0, 0.1) is 0 Å². The quantitative estimate of drug-likeness (QED) is 0.621. The number of aryl methyl sites for hydroxylation is 2. The van der Waals surface area contributed by atoms with Gasteiger partial charge in [0, 0.05) is 26.2 Å². The van der Waals surface area contributed by atoms with E-state index in [-0.39, 0.29) is 12.6 Å². The number of amides is 3. The van der Waals surface area contributed by atoms with Crippen molar-refractivity contribution in [3.63, 3.8) is 0 Å². The highest BCUT2D eigenvalue weighted by Crippen LogP contribution is 2.32. The minimum absolute atomic E-state index is 0.145. The van der Waals surface area contributed by atoms with Crippen LogP contribution in [0.2, 0.25) is 0 Å². The standard InChI is InChI=1S/C26H32N4O4S/c1-2-26(22-10-4-3-5-11-22)24(31)30(25(32)27-26)19-28-14-16-29(17-15-28)35(33,34)23-13-12-20-8-6-7-9-21(20)18-23/h3-5,10-13,18H,2,6-9,14-17,19H2,1H3,(H,27,32)/t26-/m0/s1. The Bertz CT molecular complexity index is 1230. The minimum atomic E-state index is -3.58. The van der Waals surface area contributed by atoms with Crippen LogP contribution >= 0.6 is 0 Å². The van der Waals surface area contributed by atoms with Gasteiger partial charge in [0.1, 0.15) is 5.54 Å². The lowest BCUT2D eigenvalue weighted by Crippen LogP contribution is -2.52. The molecule has 2 aromatic carbocycles. The van der Waals surface area contributed by atoms with Gasteiger partial charge in [-0.2, -0.15) is 4.31 Å². The van der Waals surface area contributed by atoms with Crippen LogP contribution in [0.4, 0.5) is 4.79 Å². The average molecular weight is 497 g/mol. The van der Waals surface area contributed by atoms with Crippen LogP contribution in [0.3, 0.4) is 0 Å². The van der Waals surface area contributed by atoms with Gasteiger partial charge < -0.3 is 5.32 Å². The zero-order chi connectivity index (χ0) is 24.6. The molecule has 8 nitrogen and oxygen atoms in total. The molecular formula is C26H32N4O4S. The summed E-state index contributed by atoms with van der Waals surface area (Å²) in [5.41, 5.74) is 2.11. The summed E-state index contributed by atoms with van der Waals surface area (Å²) in [7, 11) is -3.58. The smallest absolute Gasteiger partial charge is 0.319 e. The summed E-state index contributed by atoms with van der Waals surface area (Å²) in [4.78, 5) is 29.7. The van der Waals surface area contributed by atoms with E-state index < -0.39 is 21.6 Å². The monoisotopic (exact) mass is 496 g/mol. The van der Waals surface area contributed by atoms with Gasteiger partial charge >= 0.3 is 6.03 Å². The number of carbonyl (C=O) groups is 2. The fourth-order valence-electron chi connectivity index (χ4n) is 5.45. The summed E-state index contributed by atoms with van der Waals surface area (Å²) in [6.07, 6.45) is 4.65. The Balaban J connectivity index is 1.25. The number of imide groups is 1. The van der Waals surface area contributed by atoms with Crippen LogP contribution in [0.15, 0.2) is 53.4 Å². The average Bonchev–Trinajstić information content (AvgIpc) is 3.14. The van der Waals surface area contributed by atoms with Crippen molar-refractivity contribution in [2.75, 3.05) is 32.8 Å². The van der Waals surface area contributed by atoms with Crippen LogP contribution in [0.5, 0.6) is 0 Å². The fourth-order valence-corrected chi connectivity index (χ4v) is 6.92. The second kappa shape index (κ2) is 9.37. The van der Waals surface area contributed by atoms with E-state index in [0.717, 1.165) is 36.8 Å². The number of piperazine rings is 1. The van der Waals surface area contributed by atoms with E-state index in [2.05, 4.69) is 5.32 Å². The topological polar surface area (TPSA) is 90.0 Å². The van der Waals surface area contributed by atoms with Gasteiger partial charge in [-0.1, -0.05) is 43.3 Å². The normalized spacial score (nSPS) is 23.9. The third kappa shape index (κ3) is 4.26. The van der Waals surface area contributed by atoms with Gasteiger partial charge in [0.2, 0.25) is 10.0 Å². The summed E-state index contributed by atoms with van der Waals surface area (Å²) in [6.45, 7) is 3.57. The lowest BCUT2D eigenvalue weighted by Gasteiger charge is -2.35. The molecule has 0 saturated carbocycles. The molecule has 0 spiro atoms. The first-order valence-corrected chi connectivity index (χ1v) is 13.8. The van der Waals surface area contributed by atoms with Crippen LogP contribution in [0.25, 0.3) is 0 Å². The number of hydrogen-bond acceptors (Lipinski definition) is 5. The number of sulfonamides is 1. The summed E-state index contributed by atoms with van der Waals surface area (Å²) >= 11 is 0. The number of urea groups is 1. The van der Waals surface area contributed by atoms with Crippen molar-refractivity contribution in [3.8, 4) is 0 Å². The largest absolute Gasteiger partial charge is 0.326 e. The molecule has 2 saturated heterocycles. The SMILES string of the molecule is CC[C@@]1(c2ccccc2)NC(=O)N(CN2CCN(S(=O)(=O)c3ccc4c(c3)CCCC4)CC2)C1=O. The van der Waals surface area contributed by atoms with Crippen LogP contribution in [-0.4, -0.2) is 67.3 Å². The van der Waals surface area contributed by atoms with Gasteiger partial charge in [-0.3, -0.25) is 9.69 Å². The first-order valence-electron chi connectivity index (χ1n) is 12.4. The Hall–Kier alpha value is -2.75. The third-order valence-electron chi connectivity index (χ3n) is 7.60. The molecule has 0 aromatic heterocycles. The zero-order valence-corrected chi connectivity index (χ0v) is 20.9. The number of rotatable bonds is 6. The van der Waals surface area contributed by atoms with Gasteiger partial charge in [-0.05, 0) is 60.9 Å². The maximum Gasteiger partial charge on any atom is 0.326 e. The molecular weight excluding hydrogens is 464 g/mol. The summed E-state index contributed by atoms with van der Waals surface area (Å²) in [5, 5.41) is 2.91. The molecule has 1 atom stereocenters. The Morgan fingerprint density at radius 1 is 0.914 bits per heavy atom. The second-order valence-electron chi connectivity index (χ2n) is 9.59. The number of nitrogens with one attached hydrogen (secondary N) is 1. The van der Waals surface area contributed by atoms with E-state index >= 15 is 0 Å². The number of fused-ring (bicyclic) bond motifs is 1. The molecule has 2 aromatic rings. The van der Waals surface area contributed by atoms with Crippen molar-refractivity contribution in [1.82, 2.24) is 19.4 Å². The lowest BCUT2D eigenvalue weighted by atomic mass is 9.87. The first kappa shape index (κ1) is 24.0. The van der Waals surface area contributed by atoms with Crippen molar-refractivity contribution >= 4 is 22.0 Å². The zero-order valence-electron chi connectivity index (χ0n) is 20.1. The molecule has 35 heavy (non-hydrogen) atoms. The van der Waals surface area contributed by atoms with Gasteiger partial charge in [0.15, 0.2) is 0 Å². The molecule has 3 aliphatic rings. The van der Waals surface area contributed by atoms with Crippen molar-refractivity contribution in [2.24, 2.45) is 0 Å². The number of hydrogen-bond donors (Lipinski definition) is 1. The highest BCUT2D eigenvalue weighted by atomic mass is 32.2. The molecule has 2 fully saturated rings. The number of carbonyl (C=O) groups excluding carboxylic acids is 2. The Morgan fingerprint density at radius 2 is 1.60 bits per heavy atom. The van der Waals surface area contributed by atoms with Gasteiger partial charge in [-0.15, -0.1) is 0 Å². The Morgan fingerprint density at radius 3 is 2.29 bits per heavy atom. The maximum absolute atomic E-state index is 13.4. The molecule has 0 bridgehead atoms. The van der Waals surface area contributed by atoms with Crippen molar-refractivity contribution in [2.45, 2.75) is 49.5 Å². The molecule has 2 heterocycles. The van der Waals surface area contributed by atoms with Crippen molar-refractivity contribution in [3.05, 3.63) is 65.2 Å². The van der Waals surface area contributed by atoms with Gasteiger partial charge in [0.05, 0.1) is 11.6 Å². The number of nitrogens with zero attached hydrogens (tertiary/aromatic N) is 3. The molecule has 1 aliphatic carbocycles. The Kier molecular flexibility index (Phi) is 6.41. The van der Waals surface area contributed by atoms with Gasteiger partial charge in [0.25, 0.3) is 5.91 Å². The highest BCUT2D eigenvalue weighted by Gasteiger charge is 2.51. The van der Waals surface area contributed by atoms with E-state index in [4.69, 9.17) is 0 Å². The summed E-state index contributed by atoms with van der Waals surface area (Å²) in [5.74, 6) is -0.264. The van der Waals surface area contributed by atoms with E-state index in [9.17, 15) is 18.0 Å². The van der Waals surface area contributed by atoms with Crippen LogP contribution < -0.4 is 5.32 Å². The van der Waals surface area contributed by atoms with E-state index in [0.29, 0.717) is 37.5 Å². The minimum Gasteiger partial charge on any atom is -0.319 e. The summed E-state index contributed by atoms with van der Waals surface area (Å²) < 4.78 is 28.1. The molecule has 5 rings (SSSR count). The molecule has 0 radical (unpaired) electrons. The fraction of sp³-hybridized carbons (Fsp3) is 0.462. The van der Waals surface area contributed by atoms with Crippen molar-refractivity contribution in [1.29, 1.82) is 0 Å².